The number of anilines is 2. The van der Waals surface area contributed by atoms with Crippen LogP contribution in [0.5, 0.6) is 0 Å². The van der Waals surface area contributed by atoms with Gasteiger partial charge in [-0.25, -0.2) is 0 Å². The van der Waals surface area contributed by atoms with Gasteiger partial charge in [0.2, 0.25) is 0 Å². The highest BCUT2D eigenvalue weighted by Gasteiger charge is 2.17. The molecular formula is C20H27N3O. The van der Waals surface area contributed by atoms with E-state index in [1.807, 2.05) is 24.3 Å². The summed E-state index contributed by atoms with van der Waals surface area (Å²) in [6, 6.07) is 16.6. The summed E-state index contributed by atoms with van der Waals surface area (Å²) >= 11 is 0. The molecule has 1 aliphatic heterocycles. The lowest BCUT2D eigenvalue weighted by atomic mass is 10.1. The van der Waals surface area contributed by atoms with E-state index in [4.69, 9.17) is 0 Å². The average Bonchev–Trinajstić information content (AvgIpc) is 2.67. The summed E-state index contributed by atoms with van der Waals surface area (Å²) in [7, 11) is 0. The Hall–Kier alpha value is -2.04. The van der Waals surface area contributed by atoms with E-state index >= 15 is 0 Å². The summed E-state index contributed by atoms with van der Waals surface area (Å²) in [5.74, 6) is 0. The van der Waals surface area contributed by atoms with Crippen molar-refractivity contribution in [2.45, 2.75) is 20.1 Å². The van der Waals surface area contributed by atoms with E-state index in [0.29, 0.717) is 0 Å². The highest BCUT2D eigenvalue weighted by atomic mass is 16.3. The van der Waals surface area contributed by atoms with E-state index < -0.39 is 0 Å². The number of para-hydroxylation sites is 1. The van der Waals surface area contributed by atoms with Crippen LogP contribution in [0.1, 0.15) is 18.1 Å². The number of benzene rings is 2. The number of piperazine rings is 1. The molecule has 1 saturated heterocycles. The molecule has 0 atom stereocenters. The first-order valence-corrected chi connectivity index (χ1v) is 8.79. The zero-order chi connectivity index (χ0) is 16.8. The van der Waals surface area contributed by atoms with E-state index in [-0.39, 0.29) is 6.61 Å². The van der Waals surface area contributed by atoms with Gasteiger partial charge >= 0.3 is 0 Å². The van der Waals surface area contributed by atoms with Crippen LogP contribution in [0, 0.1) is 0 Å². The Bertz CT molecular complexity index is 651. The SMILES string of the molecule is CCN1CCN(c2ccccc2CNc2cccc(CO)c2)CC1. The molecule has 0 saturated carbocycles. The minimum atomic E-state index is 0.0772. The van der Waals surface area contributed by atoms with Crippen LogP contribution in [-0.2, 0) is 13.2 Å². The third kappa shape index (κ3) is 4.08. The standard InChI is InChI=1S/C20H27N3O/c1-2-22-10-12-23(13-11-22)20-9-4-3-7-18(20)15-21-19-8-5-6-17(14-19)16-24/h3-9,14,21,24H,2,10-13,15-16H2,1H3. The molecule has 128 valence electrons. The predicted octanol–water partition coefficient (Wildman–Crippen LogP) is 2.93. The molecule has 1 heterocycles. The Morgan fingerprint density at radius 2 is 1.79 bits per heavy atom. The van der Waals surface area contributed by atoms with Crippen molar-refractivity contribution in [3.63, 3.8) is 0 Å². The number of aliphatic hydroxyl groups is 1. The molecule has 0 radical (unpaired) electrons. The molecule has 1 fully saturated rings. The van der Waals surface area contributed by atoms with Crippen molar-refractivity contribution in [3.8, 4) is 0 Å². The van der Waals surface area contributed by atoms with Crippen LogP contribution < -0.4 is 10.2 Å². The summed E-state index contributed by atoms with van der Waals surface area (Å²) in [5, 5.41) is 12.8. The normalized spacial score (nSPS) is 15.5. The fourth-order valence-electron chi connectivity index (χ4n) is 3.25. The quantitative estimate of drug-likeness (QED) is 0.856. The van der Waals surface area contributed by atoms with Crippen molar-refractivity contribution in [2.24, 2.45) is 0 Å². The number of hydrogen-bond donors (Lipinski definition) is 2. The van der Waals surface area contributed by atoms with Crippen LogP contribution in [0.2, 0.25) is 0 Å². The van der Waals surface area contributed by atoms with Crippen molar-refractivity contribution in [1.29, 1.82) is 0 Å². The number of likely N-dealkylation sites (N-methyl/N-ethyl adjacent to an activating group) is 1. The molecule has 2 N–H and O–H groups in total. The molecular weight excluding hydrogens is 298 g/mol. The summed E-state index contributed by atoms with van der Waals surface area (Å²) < 4.78 is 0. The highest BCUT2D eigenvalue weighted by Crippen LogP contribution is 2.23. The fraction of sp³-hybridized carbons (Fsp3) is 0.400. The van der Waals surface area contributed by atoms with Gasteiger partial charge in [-0.05, 0) is 35.9 Å². The van der Waals surface area contributed by atoms with E-state index in [1.54, 1.807) is 0 Å². The summed E-state index contributed by atoms with van der Waals surface area (Å²) in [5.41, 5.74) is 4.63. The van der Waals surface area contributed by atoms with Gasteiger partial charge in [-0.1, -0.05) is 37.3 Å². The van der Waals surface area contributed by atoms with Crippen molar-refractivity contribution >= 4 is 11.4 Å². The van der Waals surface area contributed by atoms with Crippen LogP contribution >= 0.6 is 0 Å². The topological polar surface area (TPSA) is 38.7 Å². The summed E-state index contributed by atoms with van der Waals surface area (Å²) in [6.07, 6.45) is 0. The smallest absolute Gasteiger partial charge is 0.0682 e. The zero-order valence-corrected chi connectivity index (χ0v) is 14.4. The van der Waals surface area contributed by atoms with Gasteiger partial charge in [-0.2, -0.15) is 0 Å². The number of nitrogens with zero attached hydrogens (tertiary/aromatic N) is 2. The van der Waals surface area contributed by atoms with Gasteiger partial charge in [-0.15, -0.1) is 0 Å². The van der Waals surface area contributed by atoms with Crippen LogP contribution in [0.25, 0.3) is 0 Å². The first-order chi connectivity index (χ1) is 11.8. The number of aliphatic hydroxyl groups excluding tert-OH is 1. The van der Waals surface area contributed by atoms with Gasteiger partial charge in [0.15, 0.2) is 0 Å². The second-order valence-electron chi connectivity index (χ2n) is 6.26. The molecule has 4 nitrogen and oxygen atoms in total. The fourth-order valence-corrected chi connectivity index (χ4v) is 3.25. The lowest BCUT2D eigenvalue weighted by Crippen LogP contribution is -2.46. The molecule has 0 amide bonds. The molecule has 24 heavy (non-hydrogen) atoms. The highest BCUT2D eigenvalue weighted by molar-refractivity contribution is 5.56. The van der Waals surface area contributed by atoms with Gasteiger partial charge in [0.1, 0.15) is 0 Å². The Morgan fingerprint density at radius 1 is 1.00 bits per heavy atom. The molecule has 3 rings (SSSR count). The second-order valence-corrected chi connectivity index (χ2v) is 6.26. The first kappa shape index (κ1) is 16.8. The minimum absolute atomic E-state index is 0.0772. The van der Waals surface area contributed by atoms with Crippen molar-refractivity contribution in [1.82, 2.24) is 4.90 Å². The maximum atomic E-state index is 9.26. The summed E-state index contributed by atoms with van der Waals surface area (Å²) in [6.45, 7) is 8.68. The monoisotopic (exact) mass is 325 g/mol. The van der Waals surface area contributed by atoms with Crippen LogP contribution in [-0.4, -0.2) is 42.7 Å². The molecule has 0 unspecified atom stereocenters. The zero-order valence-electron chi connectivity index (χ0n) is 14.4. The number of rotatable bonds is 6. The van der Waals surface area contributed by atoms with Crippen LogP contribution in [0.4, 0.5) is 11.4 Å². The Labute approximate surface area is 144 Å². The average molecular weight is 325 g/mol. The molecule has 4 heteroatoms. The largest absolute Gasteiger partial charge is 0.392 e. The van der Waals surface area contributed by atoms with Crippen LogP contribution in [0.3, 0.4) is 0 Å². The maximum Gasteiger partial charge on any atom is 0.0682 e. The van der Waals surface area contributed by atoms with E-state index in [2.05, 4.69) is 46.3 Å². The van der Waals surface area contributed by atoms with Gasteiger partial charge in [0.25, 0.3) is 0 Å². The van der Waals surface area contributed by atoms with Gasteiger partial charge in [0, 0.05) is 44.1 Å². The lowest BCUT2D eigenvalue weighted by molar-refractivity contribution is 0.271. The molecule has 0 bridgehead atoms. The molecule has 2 aromatic rings. The predicted molar refractivity (Wildman–Crippen MR) is 100 cm³/mol. The van der Waals surface area contributed by atoms with Crippen LogP contribution in [0.15, 0.2) is 48.5 Å². The summed E-state index contributed by atoms with van der Waals surface area (Å²) in [4.78, 5) is 4.99. The van der Waals surface area contributed by atoms with Crippen molar-refractivity contribution in [2.75, 3.05) is 42.9 Å². The van der Waals surface area contributed by atoms with E-state index in [9.17, 15) is 5.11 Å². The minimum Gasteiger partial charge on any atom is -0.392 e. The Kier molecular flexibility index (Phi) is 5.72. The second kappa shape index (κ2) is 8.18. The molecule has 2 aromatic carbocycles. The van der Waals surface area contributed by atoms with E-state index in [1.165, 1.54) is 11.3 Å². The van der Waals surface area contributed by atoms with Crippen molar-refractivity contribution < 1.29 is 5.11 Å². The molecule has 1 aliphatic rings. The van der Waals surface area contributed by atoms with Gasteiger partial charge in [-0.3, -0.25) is 0 Å². The third-order valence-corrected chi connectivity index (χ3v) is 4.74. The number of nitrogens with one attached hydrogen (secondary N) is 1. The molecule has 0 aromatic heterocycles. The Morgan fingerprint density at radius 3 is 2.54 bits per heavy atom. The van der Waals surface area contributed by atoms with Gasteiger partial charge < -0.3 is 20.2 Å². The van der Waals surface area contributed by atoms with E-state index in [0.717, 1.165) is 50.5 Å². The lowest BCUT2D eigenvalue weighted by Gasteiger charge is -2.36. The molecule has 0 aliphatic carbocycles. The molecule has 0 spiro atoms. The number of hydrogen-bond acceptors (Lipinski definition) is 4. The first-order valence-electron chi connectivity index (χ1n) is 8.79. The third-order valence-electron chi connectivity index (χ3n) is 4.74. The Balaban J connectivity index is 1.68. The van der Waals surface area contributed by atoms with Gasteiger partial charge in [0.05, 0.1) is 6.61 Å². The maximum absolute atomic E-state index is 9.26. The van der Waals surface area contributed by atoms with Crippen molar-refractivity contribution in [3.05, 3.63) is 59.7 Å².